The molecular weight excluding hydrogens is 188 g/mol. The third-order valence-electron chi connectivity index (χ3n) is 1.85. The molecule has 0 aliphatic carbocycles. The van der Waals surface area contributed by atoms with E-state index in [1.54, 1.807) is 0 Å². The van der Waals surface area contributed by atoms with E-state index in [2.05, 4.69) is 11.8 Å². The van der Waals surface area contributed by atoms with E-state index in [0.717, 1.165) is 32.1 Å². The molecule has 0 saturated heterocycles. The molecule has 15 heavy (non-hydrogen) atoms. The Hall–Kier alpha value is -1.23. The highest BCUT2D eigenvalue weighted by Crippen LogP contribution is 2.02. The molecule has 0 aliphatic heterocycles. The summed E-state index contributed by atoms with van der Waals surface area (Å²) in [7, 11) is 0. The van der Waals surface area contributed by atoms with Crippen LogP contribution in [0.2, 0.25) is 0 Å². The van der Waals surface area contributed by atoms with Crippen LogP contribution in [0.15, 0.2) is 12.2 Å². The first-order chi connectivity index (χ1) is 7.27. The van der Waals surface area contributed by atoms with Crippen LogP contribution in [0.4, 0.5) is 0 Å². The number of unbranched alkanes of at least 4 members (excludes halogenated alkanes) is 4. The highest BCUT2D eigenvalue weighted by atomic mass is 16.5. The number of ether oxygens (including phenoxy) is 1. The first kappa shape index (κ1) is 13.8. The van der Waals surface area contributed by atoms with E-state index in [-0.39, 0.29) is 5.97 Å². The Bertz CT molecular complexity index is 243. The van der Waals surface area contributed by atoms with Crippen LogP contribution in [-0.2, 0) is 9.53 Å². The van der Waals surface area contributed by atoms with E-state index in [1.165, 1.54) is 6.92 Å². The minimum atomic E-state index is -0.188. The fourth-order valence-corrected chi connectivity index (χ4v) is 1.10. The fourth-order valence-electron chi connectivity index (χ4n) is 1.10. The van der Waals surface area contributed by atoms with Crippen molar-refractivity contribution < 1.29 is 9.53 Å². The summed E-state index contributed by atoms with van der Waals surface area (Å²) in [6, 6.07) is 0. The normalized spacial score (nSPS) is 9.73. The topological polar surface area (TPSA) is 26.3 Å². The first-order valence-corrected chi connectivity index (χ1v) is 5.50. The standard InChI is InChI=1S/C13H20O2/c1-3-4-5-6-7-8-9-10-11-12-15-13(2)14/h3-4H,7-12H2,1-2H3/b4-3-. The lowest BCUT2D eigenvalue weighted by molar-refractivity contribution is -0.141. The second-order valence-corrected chi connectivity index (χ2v) is 3.33. The van der Waals surface area contributed by atoms with E-state index in [1.807, 2.05) is 19.1 Å². The average molecular weight is 208 g/mol. The summed E-state index contributed by atoms with van der Waals surface area (Å²) in [5.74, 6) is 5.84. The molecule has 0 N–H and O–H groups in total. The molecular formula is C13H20O2. The van der Waals surface area contributed by atoms with Gasteiger partial charge in [0.15, 0.2) is 0 Å². The van der Waals surface area contributed by atoms with Crippen molar-refractivity contribution in [2.75, 3.05) is 6.61 Å². The quantitative estimate of drug-likeness (QED) is 0.381. The Morgan fingerprint density at radius 2 is 2.00 bits per heavy atom. The van der Waals surface area contributed by atoms with Crippen LogP contribution in [0, 0.1) is 11.8 Å². The lowest BCUT2D eigenvalue weighted by Gasteiger charge is -2.00. The third kappa shape index (κ3) is 12.8. The van der Waals surface area contributed by atoms with Gasteiger partial charge in [-0.25, -0.2) is 0 Å². The van der Waals surface area contributed by atoms with Gasteiger partial charge < -0.3 is 4.74 Å². The van der Waals surface area contributed by atoms with Gasteiger partial charge in [-0.15, -0.1) is 0 Å². The average Bonchev–Trinajstić information content (AvgIpc) is 2.20. The van der Waals surface area contributed by atoms with Crippen molar-refractivity contribution >= 4 is 5.97 Å². The van der Waals surface area contributed by atoms with E-state index in [4.69, 9.17) is 4.74 Å². The van der Waals surface area contributed by atoms with Crippen LogP contribution >= 0.6 is 0 Å². The number of rotatable bonds is 6. The third-order valence-corrected chi connectivity index (χ3v) is 1.85. The Kier molecular flexibility index (Phi) is 9.96. The molecule has 0 rings (SSSR count). The molecule has 0 aromatic heterocycles. The second kappa shape index (κ2) is 10.8. The van der Waals surface area contributed by atoms with E-state index >= 15 is 0 Å². The number of carbonyl (C=O) groups is 1. The van der Waals surface area contributed by atoms with Crippen molar-refractivity contribution in [3.05, 3.63) is 12.2 Å². The molecule has 0 atom stereocenters. The van der Waals surface area contributed by atoms with Crippen LogP contribution in [0.1, 0.15) is 46.0 Å². The minimum Gasteiger partial charge on any atom is -0.466 e. The molecule has 0 saturated carbocycles. The lowest BCUT2D eigenvalue weighted by Crippen LogP contribution is -1.99. The predicted octanol–water partition coefficient (Wildman–Crippen LogP) is 3.08. The van der Waals surface area contributed by atoms with Crippen molar-refractivity contribution in [2.24, 2.45) is 0 Å². The fraction of sp³-hybridized carbons (Fsp3) is 0.615. The van der Waals surface area contributed by atoms with Crippen molar-refractivity contribution in [1.82, 2.24) is 0 Å². The van der Waals surface area contributed by atoms with Crippen LogP contribution in [0.5, 0.6) is 0 Å². The monoisotopic (exact) mass is 208 g/mol. The molecule has 0 unspecified atom stereocenters. The maximum atomic E-state index is 10.4. The molecule has 0 fully saturated rings. The summed E-state index contributed by atoms with van der Waals surface area (Å²) >= 11 is 0. The van der Waals surface area contributed by atoms with Crippen LogP contribution in [-0.4, -0.2) is 12.6 Å². The van der Waals surface area contributed by atoms with Crippen molar-refractivity contribution in [3.8, 4) is 11.8 Å². The number of hydrogen-bond donors (Lipinski definition) is 0. The summed E-state index contributed by atoms with van der Waals surface area (Å²) in [6.45, 7) is 3.96. The zero-order valence-corrected chi connectivity index (χ0v) is 9.71. The number of hydrogen-bond acceptors (Lipinski definition) is 2. The largest absolute Gasteiger partial charge is 0.466 e. The van der Waals surface area contributed by atoms with Gasteiger partial charge in [-0.1, -0.05) is 30.8 Å². The van der Waals surface area contributed by atoms with E-state index < -0.39 is 0 Å². The van der Waals surface area contributed by atoms with Gasteiger partial charge in [0.05, 0.1) is 6.61 Å². The minimum absolute atomic E-state index is 0.188. The van der Waals surface area contributed by atoms with Gasteiger partial charge in [-0.05, 0) is 25.8 Å². The van der Waals surface area contributed by atoms with Gasteiger partial charge in [0, 0.05) is 13.3 Å². The Labute approximate surface area is 92.7 Å². The Balaban J connectivity index is 3.12. The van der Waals surface area contributed by atoms with Gasteiger partial charge >= 0.3 is 5.97 Å². The van der Waals surface area contributed by atoms with Crippen molar-refractivity contribution in [2.45, 2.75) is 46.0 Å². The summed E-state index contributed by atoms with van der Waals surface area (Å²) < 4.78 is 4.83. The second-order valence-electron chi connectivity index (χ2n) is 3.33. The van der Waals surface area contributed by atoms with E-state index in [0.29, 0.717) is 6.61 Å². The molecule has 2 heteroatoms. The van der Waals surface area contributed by atoms with Gasteiger partial charge in [-0.3, -0.25) is 4.79 Å². The SMILES string of the molecule is C/C=C\C#CCCCCCCOC(C)=O. The van der Waals surface area contributed by atoms with Gasteiger partial charge in [0.25, 0.3) is 0 Å². The smallest absolute Gasteiger partial charge is 0.302 e. The molecule has 2 nitrogen and oxygen atoms in total. The van der Waals surface area contributed by atoms with Crippen molar-refractivity contribution in [1.29, 1.82) is 0 Å². The zero-order valence-electron chi connectivity index (χ0n) is 9.71. The van der Waals surface area contributed by atoms with Crippen molar-refractivity contribution in [3.63, 3.8) is 0 Å². The summed E-state index contributed by atoms with van der Waals surface area (Å²) in [5.41, 5.74) is 0. The number of allylic oxidation sites excluding steroid dienone is 2. The van der Waals surface area contributed by atoms with Crippen LogP contribution < -0.4 is 0 Å². The predicted molar refractivity (Wildman–Crippen MR) is 62.3 cm³/mol. The summed E-state index contributed by atoms with van der Waals surface area (Å²) in [5, 5.41) is 0. The number of carbonyl (C=O) groups excluding carboxylic acids is 1. The Morgan fingerprint density at radius 1 is 1.27 bits per heavy atom. The Morgan fingerprint density at radius 3 is 2.67 bits per heavy atom. The molecule has 0 aromatic carbocycles. The maximum Gasteiger partial charge on any atom is 0.302 e. The highest BCUT2D eigenvalue weighted by Gasteiger charge is 1.92. The zero-order chi connectivity index (χ0) is 11.4. The molecule has 84 valence electrons. The van der Waals surface area contributed by atoms with Crippen LogP contribution in [0.25, 0.3) is 0 Å². The molecule has 0 heterocycles. The van der Waals surface area contributed by atoms with Gasteiger partial charge in [0.2, 0.25) is 0 Å². The molecule has 0 aromatic rings. The number of esters is 1. The lowest BCUT2D eigenvalue weighted by atomic mass is 10.1. The first-order valence-electron chi connectivity index (χ1n) is 5.50. The molecule has 0 bridgehead atoms. The van der Waals surface area contributed by atoms with Gasteiger partial charge in [-0.2, -0.15) is 0 Å². The molecule has 0 spiro atoms. The van der Waals surface area contributed by atoms with E-state index in [9.17, 15) is 4.79 Å². The maximum absolute atomic E-state index is 10.4. The molecule has 0 radical (unpaired) electrons. The molecule has 0 amide bonds. The van der Waals surface area contributed by atoms with Gasteiger partial charge in [0.1, 0.15) is 0 Å². The van der Waals surface area contributed by atoms with Crippen LogP contribution in [0.3, 0.4) is 0 Å². The summed E-state index contributed by atoms with van der Waals surface area (Å²) in [4.78, 5) is 10.4. The highest BCUT2D eigenvalue weighted by molar-refractivity contribution is 5.65. The molecule has 0 aliphatic rings. The summed E-state index contributed by atoms with van der Waals surface area (Å²) in [6.07, 6.45) is 9.11.